The lowest BCUT2D eigenvalue weighted by Crippen LogP contribution is -2.39. The molecule has 1 aromatic rings. The molecule has 1 N–H and O–H groups in total. The van der Waals surface area contributed by atoms with Gasteiger partial charge in [0.25, 0.3) is 0 Å². The summed E-state index contributed by atoms with van der Waals surface area (Å²) in [6.45, 7) is 8.47. The van der Waals surface area contributed by atoms with Gasteiger partial charge in [-0.2, -0.15) is 0 Å². The van der Waals surface area contributed by atoms with E-state index in [1.54, 1.807) is 0 Å². The lowest BCUT2D eigenvalue weighted by atomic mass is 9.86. The van der Waals surface area contributed by atoms with E-state index in [1.807, 2.05) is 0 Å². The maximum absolute atomic E-state index is 10.6. The molecule has 112 valence electrons. The molecule has 0 aliphatic heterocycles. The Balaban J connectivity index is 2.61. The number of benzene rings is 1. The maximum atomic E-state index is 10.6. The average Bonchev–Trinajstić information content (AvgIpc) is 2.26. The summed E-state index contributed by atoms with van der Waals surface area (Å²) in [5.74, 6) is -0.709. The Bertz CT molecular complexity index is 441. The van der Waals surface area contributed by atoms with Crippen molar-refractivity contribution in [3.05, 3.63) is 35.4 Å². The molecule has 0 amide bonds. The van der Waals surface area contributed by atoms with Gasteiger partial charge in [-0.25, -0.2) is 0 Å². The molecule has 0 saturated carbocycles. The molecule has 0 unspecified atom stereocenters. The van der Waals surface area contributed by atoms with E-state index < -0.39 is 5.97 Å². The Kier molecular flexibility index (Phi) is 5.35. The number of carboxylic acid groups (broad SMARTS) is 1. The highest BCUT2D eigenvalue weighted by molar-refractivity contribution is 5.66. The van der Waals surface area contributed by atoms with Crippen molar-refractivity contribution < 1.29 is 14.4 Å². The van der Waals surface area contributed by atoms with Crippen molar-refractivity contribution in [2.45, 2.75) is 45.6 Å². The Morgan fingerprint density at radius 2 is 1.70 bits per heavy atom. The van der Waals surface area contributed by atoms with Crippen LogP contribution in [0.4, 0.5) is 0 Å². The van der Waals surface area contributed by atoms with Crippen molar-refractivity contribution in [1.82, 2.24) is 0 Å². The van der Waals surface area contributed by atoms with E-state index in [2.05, 4.69) is 59.1 Å². The minimum absolute atomic E-state index is 0.185. The van der Waals surface area contributed by atoms with Crippen LogP contribution in [0.2, 0.25) is 0 Å². The smallest absolute Gasteiger partial charge is 0.303 e. The molecule has 1 rings (SSSR count). The highest BCUT2D eigenvalue weighted by atomic mass is 16.4. The molecule has 0 aliphatic rings. The van der Waals surface area contributed by atoms with Crippen molar-refractivity contribution >= 4 is 5.97 Å². The quantitative estimate of drug-likeness (QED) is 0.810. The molecular weight excluding hydrogens is 250 g/mol. The zero-order valence-corrected chi connectivity index (χ0v) is 13.4. The summed E-state index contributed by atoms with van der Waals surface area (Å²) in [5.41, 5.74) is 2.83. The number of nitrogens with zero attached hydrogens (tertiary/aromatic N) is 1. The van der Waals surface area contributed by atoms with Gasteiger partial charge in [0.05, 0.1) is 27.1 Å². The highest BCUT2D eigenvalue weighted by Crippen LogP contribution is 2.23. The van der Waals surface area contributed by atoms with Crippen molar-refractivity contribution in [2.75, 3.05) is 20.6 Å². The van der Waals surface area contributed by atoms with E-state index in [-0.39, 0.29) is 11.8 Å². The summed E-state index contributed by atoms with van der Waals surface area (Å²) in [6, 6.07) is 8.79. The van der Waals surface area contributed by atoms with Crippen LogP contribution in [0.5, 0.6) is 0 Å². The fourth-order valence-corrected chi connectivity index (χ4v) is 2.34. The van der Waals surface area contributed by atoms with Crippen LogP contribution in [0.1, 0.15) is 44.7 Å². The Hall–Kier alpha value is -1.35. The second-order valence-corrected chi connectivity index (χ2v) is 7.26. The Labute approximate surface area is 122 Å². The molecule has 0 bridgehead atoms. The van der Waals surface area contributed by atoms with Crippen LogP contribution in [0, 0.1) is 0 Å². The summed E-state index contributed by atoms with van der Waals surface area (Å²) in [4.78, 5) is 10.6. The number of carboxylic acids is 1. The molecule has 1 aromatic carbocycles. The maximum Gasteiger partial charge on any atom is 0.303 e. The summed E-state index contributed by atoms with van der Waals surface area (Å²) < 4.78 is 0.822. The van der Waals surface area contributed by atoms with Gasteiger partial charge in [-0.3, -0.25) is 4.79 Å². The summed E-state index contributed by atoms with van der Waals surface area (Å²) in [7, 11) is 4.30. The third-order valence-corrected chi connectivity index (χ3v) is 3.58. The lowest BCUT2D eigenvalue weighted by molar-refractivity contribution is -0.903. The first-order valence-electron chi connectivity index (χ1n) is 7.23. The van der Waals surface area contributed by atoms with Gasteiger partial charge in [0.1, 0.15) is 6.54 Å². The van der Waals surface area contributed by atoms with Crippen LogP contribution in [0.25, 0.3) is 0 Å². The first-order chi connectivity index (χ1) is 9.10. The van der Waals surface area contributed by atoms with Gasteiger partial charge in [0.2, 0.25) is 0 Å². The van der Waals surface area contributed by atoms with Gasteiger partial charge < -0.3 is 9.59 Å². The molecule has 0 atom stereocenters. The minimum Gasteiger partial charge on any atom is -0.481 e. The Morgan fingerprint density at radius 3 is 2.15 bits per heavy atom. The fraction of sp³-hybridized carbons (Fsp3) is 0.588. The van der Waals surface area contributed by atoms with Crippen molar-refractivity contribution in [1.29, 1.82) is 0 Å². The molecule has 0 spiro atoms. The van der Waals surface area contributed by atoms with Gasteiger partial charge in [0.15, 0.2) is 0 Å². The molecule has 0 fully saturated rings. The molecule has 0 aliphatic carbocycles. The van der Waals surface area contributed by atoms with E-state index in [0.29, 0.717) is 0 Å². The summed E-state index contributed by atoms with van der Waals surface area (Å²) in [6.07, 6.45) is 0.979. The Morgan fingerprint density at radius 1 is 1.15 bits per heavy atom. The monoisotopic (exact) mass is 278 g/mol. The van der Waals surface area contributed by atoms with Gasteiger partial charge in [0, 0.05) is 12.0 Å². The van der Waals surface area contributed by atoms with Crippen LogP contribution >= 0.6 is 0 Å². The van der Waals surface area contributed by atoms with Crippen molar-refractivity contribution in [2.24, 2.45) is 0 Å². The second kappa shape index (κ2) is 6.40. The van der Waals surface area contributed by atoms with Gasteiger partial charge in [-0.15, -0.1) is 0 Å². The zero-order chi connectivity index (χ0) is 15.4. The van der Waals surface area contributed by atoms with Gasteiger partial charge >= 0.3 is 5.97 Å². The van der Waals surface area contributed by atoms with Crippen molar-refractivity contribution in [3.63, 3.8) is 0 Å². The molecule has 3 heteroatoms. The first-order valence-corrected chi connectivity index (χ1v) is 7.23. The molecule has 3 nitrogen and oxygen atoms in total. The van der Waals surface area contributed by atoms with Crippen molar-refractivity contribution in [3.8, 4) is 0 Å². The van der Waals surface area contributed by atoms with Crippen LogP contribution in [0.3, 0.4) is 0 Å². The lowest BCUT2D eigenvalue weighted by Gasteiger charge is -2.30. The predicted molar refractivity (Wildman–Crippen MR) is 82.7 cm³/mol. The topological polar surface area (TPSA) is 37.3 Å². The SMILES string of the molecule is CC(C)(C)c1ccc(C[N+](C)(C)CCCC(=O)O)cc1. The molecule has 0 heterocycles. The van der Waals surface area contributed by atoms with E-state index in [9.17, 15) is 4.79 Å². The number of aliphatic carboxylic acids is 1. The molecule has 20 heavy (non-hydrogen) atoms. The highest BCUT2D eigenvalue weighted by Gasteiger charge is 2.17. The third-order valence-electron chi connectivity index (χ3n) is 3.58. The van der Waals surface area contributed by atoms with E-state index in [0.717, 1.165) is 24.0 Å². The predicted octanol–water partition coefficient (Wildman–Crippen LogP) is 3.43. The van der Waals surface area contributed by atoms with E-state index >= 15 is 0 Å². The second-order valence-electron chi connectivity index (χ2n) is 7.26. The van der Waals surface area contributed by atoms with E-state index in [1.165, 1.54) is 11.1 Å². The van der Waals surface area contributed by atoms with Crippen LogP contribution < -0.4 is 0 Å². The number of rotatable bonds is 6. The van der Waals surface area contributed by atoms with E-state index in [4.69, 9.17) is 5.11 Å². The average molecular weight is 278 g/mol. The first kappa shape index (κ1) is 16.7. The van der Waals surface area contributed by atoms with Gasteiger partial charge in [-0.1, -0.05) is 45.0 Å². The fourth-order valence-electron chi connectivity index (χ4n) is 2.34. The summed E-state index contributed by atoms with van der Waals surface area (Å²) in [5, 5.41) is 8.70. The minimum atomic E-state index is -0.709. The van der Waals surface area contributed by atoms with Crippen LogP contribution in [0.15, 0.2) is 24.3 Å². The largest absolute Gasteiger partial charge is 0.481 e. The van der Waals surface area contributed by atoms with Crippen LogP contribution in [-0.4, -0.2) is 36.2 Å². The zero-order valence-electron chi connectivity index (χ0n) is 13.4. The number of hydrogen-bond acceptors (Lipinski definition) is 1. The molecule has 0 radical (unpaired) electrons. The number of quaternary nitrogens is 1. The van der Waals surface area contributed by atoms with Gasteiger partial charge in [-0.05, 0) is 11.0 Å². The van der Waals surface area contributed by atoms with Crippen LogP contribution in [-0.2, 0) is 16.8 Å². The standard InChI is InChI=1S/C17H27NO2/c1-17(2,3)15-10-8-14(9-11-15)13-18(4,5)12-6-7-16(19)20/h8-11H,6-7,12-13H2,1-5H3/p+1. The third kappa shape index (κ3) is 5.74. The molecule has 0 saturated heterocycles. The molecule has 0 aromatic heterocycles. The molecular formula is C17H28NO2+. The summed E-state index contributed by atoms with van der Waals surface area (Å²) >= 11 is 0. The number of carbonyl (C=O) groups is 1. The normalized spacial score (nSPS) is 12.4. The number of hydrogen-bond donors (Lipinski definition) is 1.